The van der Waals surface area contributed by atoms with Gasteiger partial charge in [0.2, 0.25) is 0 Å². The Bertz CT molecular complexity index is 535. The minimum atomic E-state index is 0.226. The van der Waals surface area contributed by atoms with Crippen LogP contribution in [0.5, 0.6) is 0 Å². The molecule has 2 aromatic heterocycles. The summed E-state index contributed by atoms with van der Waals surface area (Å²) in [5, 5.41) is 0. The Morgan fingerprint density at radius 1 is 1.41 bits per heavy atom. The zero-order valence-electron chi connectivity index (χ0n) is 9.31. The maximum absolute atomic E-state index is 5.98. The van der Waals surface area contributed by atoms with E-state index in [2.05, 4.69) is 30.5 Å². The van der Waals surface area contributed by atoms with Gasteiger partial charge in [0, 0.05) is 24.5 Å². The number of aromatic nitrogens is 3. The number of hydrogen-bond donors (Lipinski definition) is 1. The Kier molecular flexibility index (Phi) is 2.72. The molecule has 0 bridgehead atoms. The van der Waals surface area contributed by atoms with Gasteiger partial charge in [0.15, 0.2) is 4.73 Å². The highest BCUT2D eigenvalue weighted by atomic mass is 79.9. The molecule has 5 heteroatoms. The minimum absolute atomic E-state index is 0.226. The van der Waals surface area contributed by atoms with E-state index in [0.717, 1.165) is 35.5 Å². The molecule has 0 aliphatic carbocycles. The highest BCUT2D eigenvalue weighted by molar-refractivity contribution is 9.10. The van der Waals surface area contributed by atoms with Crippen molar-refractivity contribution < 1.29 is 0 Å². The van der Waals surface area contributed by atoms with Crippen molar-refractivity contribution in [3.05, 3.63) is 34.8 Å². The van der Waals surface area contributed by atoms with E-state index < -0.39 is 0 Å². The van der Waals surface area contributed by atoms with E-state index in [4.69, 9.17) is 5.73 Å². The molecule has 0 saturated heterocycles. The SMILES string of the molecule is NC1CCc2c(-c3ccccn3)nc(Br)n2C1. The number of pyridine rings is 1. The van der Waals surface area contributed by atoms with E-state index in [1.807, 2.05) is 18.2 Å². The van der Waals surface area contributed by atoms with E-state index in [9.17, 15) is 0 Å². The molecule has 4 nitrogen and oxygen atoms in total. The number of nitrogens with two attached hydrogens (primary N) is 1. The molecular weight excluding hydrogens is 280 g/mol. The monoisotopic (exact) mass is 292 g/mol. The number of nitrogens with zero attached hydrogens (tertiary/aromatic N) is 3. The van der Waals surface area contributed by atoms with Gasteiger partial charge in [-0.3, -0.25) is 4.98 Å². The summed E-state index contributed by atoms with van der Waals surface area (Å²) in [6.45, 7) is 0.829. The predicted molar refractivity (Wildman–Crippen MR) is 69.5 cm³/mol. The second-order valence-electron chi connectivity index (χ2n) is 4.30. The first kappa shape index (κ1) is 10.9. The molecule has 2 aromatic rings. The van der Waals surface area contributed by atoms with Gasteiger partial charge in [-0.05, 0) is 40.9 Å². The van der Waals surface area contributed by atoms with Crippen molar-refractivity contribution in [2.45, 2.75) is 25.4 Å². The van der Waals surface area contributed by atoms with Crippen LogP contribution in [0.1, 0.15) is 12.1 Å². The second-order valence-corrected chi connectivity index (χ2v) is 5.01. The quantitative estimate of drug-likeness (QED) is 0.874. The summed E-state index contributed by atoms with van der Waals surface area (Å²) in [6, 6.07) is 6.11. The van der Waals surface area contributed by atoms with Crippen LogP contribution in [0.2, 0.25) is 0 Å². The van der Waals surface area contributed by atoms with Crippen molar-refractivity contribution in [1.29, 1.82) is 0 Å². The fraction of sp³-hybridized carbons (Fsp3) is 0.333. The van der Waals surface area contributed by atoms with Crippen LogP contribution in [0.4, 0.5) is 0 Å². The highest BCUT2D eigenvalue weighted by Gasteiger charge is 2.23. The zero-order valence-corrected chi connectivity index (χ0v) is 10.9. The molecule has 0 saturated carbocycles. The molecule has 2 N–H and O–H groups in total. The lowest BCUT2D eigenvalue weighted by atomic mass is 10.0. The van der Waals surface area contributed by atoms with Crippen molar-refractivity contribution in [2.24, 2.45) is 5.73 Å². The van der Waals surface area contributed by atoms with Crippen LogP contribution in [0.25, 0.3) is 11.4 Å². The van der Waals surface area contributed by atoms with Gasteiger partial charge >= 0.3 is 0 Å². The zero-order chi connectivity index (χ0) is 11.8. The van der Waals surface area contributed by atoms with Gasteiger partial charge in [-0.15, -0.1) is 0 Å². The molecule has 0 radical (unpaired) electrons. The number of fused-ring (bicyclic) bond motifs is 1. The molecule has 88 valence electrons. The summed E-state index contributed by atoms with van der Waals surface area (Å²) in [5.41, 5.74) is 9.12. The van der Waals surface area contributed by atoms with Gasteiger partial charge in [-0.1, -0.05) is 6.07 Å². The first-order valence-corrected chi connectivity index (χ1v) is 6.47. The molecule has 1 aliphatic rings. The Hall–Kier alpha value is -1.20. The van der Waals surface area contributed by atoms with Crippen LogP contribution < -0.4 is 5.73 Å². The Labute approximate surface area is 108 Å². The van der Waals surface area contributed by atoms with Crippen LogP contribution in [0.15, 0.2) is 29.1 Å². The third-order valence-corrected chi connectivity index (χ3v) is 3.71. The molecule has 3 heterocycles. The van der Waals surface area contributed by atoms with E-state index in [0.29, 0.717) is 0 Å². The average molecular weight is 293 g/mol. The maximum atomic E-state index is 5.98. The van der Waals surface area contributed by atoms with Crippen molar-refractivity contribution in [3.8, 4) is 11.4 Å². The lowest BCUT2D eigenvalue weighted by Crippen LogP contribution is -2.31. The standard InChI is InChI=1S/C12H13BrN4/c13-12-16-11(9-3-1-2-6-15-9)10-5-4-8(14)7-17(10)12/h1-3,6,8H,4-5,7,14H2. The van der Waals surface area contributed by atoms with Gasteiger partial charge < -0.3 is 10.3 Å². The first-order chi connectivity index (χ1) is 8.25. The summed E-state index contributed by atoms with van der Waals surface area (Å²) >= 11 is 3.50. The van der Waals surface area contributed by atoms with Crippen LogP contribution >= 0.6 is 15.9 Å². The number of hydrogen-bond acceptors (Lipinski definition) is 3. The molecule has 0 spiro atoms. The molecule has 0 amide bonds. The van der Waals surface area contributed by atoms with E-state index in [-0.39, 0.29) is 6.04 Å². The lowest BCUT2D eigenvalue weighted by Gasteiger charge is -2.21. The molecule has 0 aromatic carbocycles. The normalized spacial score (nSPS) is 19.1. The summed E-state index contributed by atoms with van der Waals surface area (Å²) in [6.07, 6.45) is 3.77. The molecule has 1 atom stereocenters. The molecule has 3 rings (SSSR count). The molecular formula is C12H13BrN4. The third-order valence-electron chi connectivity index (χ3n) is 3.10. The lowest BCUT2D eigenvalue weighted by molar-refractivity contribution is 0.455. The summed E-state index contributed by atoms with van der Waals surface area (Å²) in [7, 11) is 0. The smallest absolute Gasteiger partial charge is 0.178 e. The molecule has 1 aliphatic heterocycles. The molecule has 17 heavy (non-hydrogen) atoms. The van der Waals surface area contributed by atoms with Gasteiger partial charge in [0.25, 0.3) is 0 Å². The number of imidazole rings is 1. The van der Waals surface area contributed by atoms with Crippen molar-refractivity contribution in [3.63, 3.8) is 0 Å². The number of rotatable bonds is 1. The van der Waals surface area contributed by atoms with Crippen LogP contribution in [0, 0.1) is 0 Å². The van der Waals surface area contributed by atoms with Crippen LogP contribution in [-0.4, -0.2) is 20.6 Å². The topological polar surface area (TPSA) is 56.7 Å². The Morgan fingerprint density at radius 2 is 2.29 bits per heavy atom. The van der Waals surface area contributed by atoms with Gasteiger partial charge in [-0.25, -0.2) is 4.98 Å². The first-order valence-electron chi connectivity index (χ1n) is 5.67. The van der Waals surface area contributed by atoms with Crippen LogP contribution in [0.3, 0.4) is 0 Å². The number of halogens is 1. The minimum Gasteiger partial charge on any atom is -0.326 e. The highest BCUT2D eigenvalue weighted by Crippen LogP contribution is 2.29. The summed E-state index contributed by atoms with van der Waals surface area (Å²) < 4.78 is 3.00. The fourth-order valence-electron chi connectivity index (χ4n) is 2.25. The maximum Gasteiger partial charge on any atom is 0.178 e. The summed E-state index contributed by atoms with van der Waals surface area (Å²) in [4.78, 5) is 8.92. The molecule has 1 unspecified atom stereocenters. The predicted octanol–water partition coefficient (Wildman–Crippen LogP) is 1.98. The average Bonchev–Trinajstić information content (AvgIpc) is 2.68. The van der Waals surface area contributed by atoms with E-state index >= 15 is 0 Å². The van der Waals surface area contributed by atoms with Crippen molar-refractivity contribution in [1.82, 2.24) is 14.5 Å². The fourth-order valence-corrected chi connectivity index (χ4v) is 2.79. The van der Waals surface area contributed by atoms with E-state index in [1.165, 1.54) is 5.69 Å². The van der Waals surface area contributed by atoms with Crippen LogP contribution in [-0.2, 0) is 13.0 Å². The van der Waals surface area contributed by atoms with Crippen molar-refractivity contribution in [2.75, 3.05) is 0 Å². The third kappa shape index (κ3) is 1.89. The summed E-state index contributed by atoms with van der Waals surface area (Å²) in [5.74, 6) is 0. The Morgan fingerprint density at radius 3 is 3.06 bits per heavy atom. The van der Waals surface area contributed by atoms with Gasteiger partial charge in [0.1, 0.15) is 5.69 Å². The second kappa shape index (κ2) is 4.23. The van der Waals surface area contributed by atoms with E-state index in [1.54, 1.807) is 6.20 Å². The van der Waals surface area contributed by atoms with Crippen molar-refractivity contribution >= 4 is 15.9 Å². The largest absolute Gasteiger partial charge is 0.326 e. The van der Waals surface area contributed by atoms with Gasteiger partial charge in [0.05, 0.1) is 5.69 Å². The molecule has 0 fully saturated rings. The Balaban J connectivity index is 2.11. The van der Waals surface area contributed by atoms with Gasteiger partial charge in [-0.2, -0.15) is 0 Å².